The minimum Gasteiger partial charge on any atom is -0.466 e. The normalized spacial score (nSPS) is 12.5. The van der Waals surface area contributed by atoms with E-state index in [9.17, 15) is 19.8 Å². The van der Waals surface area contributed by atoms with Crippen molar-refractivity contribution >= 4 is 11.9 Å². The first-order valence-electron chi connectivity index (χ1n) is 31.8. The number of aliphatic hydroxyl groups is 2. The zero-order valence-electron chi connectivity index (χ0n) is 47.1. The van der Waals surface area contributed by atoms with Crippen molar-refractivity contribution in [2.75, 3.05) is 13.2 Å². The maximum Gasteiger partial charge on any atom is 0.305 e. The highest BCUT2D eigenvalue weighted by Crippen LogP contribution is 2.19. The van der Waals surface area contributed by atoms with Gasteiger partial charge in [0.15, 0.2) is 0 Å². The number of unbranched alkanes of at least 4 members (excludes halogenated alkanes) is 49. The minimum absolute atomic E-state index is 0.0167. The molecule has 0 aromatic carbocycles. The lowest BCUT2D eigenvalue weighted by atomic mass is 10.0. The van der Waals surface area contributed by atoms with Gasteiger partial charge in [0.05, 0.1) is 25.4 Å². The molecule has 0 saturated heterocycles. The Balaban J connectivity index is 3.36. The Bertz CT molecular complexity index is 990. The molecule has 0 fully saturated rings. The highest BCUT2D eigenvalue weighted by Gasteiger charge is 2.20. The zero-order chi connectivity index (χ0) is 50.0. The van der Waals surface area contributed by atoms with Crippen LogP contribution in [0.4, 0.5) is 0 Å². The first-order valence-corrected chi connectivity index (χ1v) is 31.8. The van der Waals surface area contributed by atoms with Crippen LogP contribution in [0, 0.1) is 0 Å². The topological polar surface area (TPSA) is 95.9 Å². The number of hydrogen-bond donors (Lipinski definition) is 3. The minimum atomic E-state index is -0.663. The summed E-state index contributed by atoms with van der Waals surface area (Å²) in [6.07, 6.45) is 69.7. The fourth-order valence-electron chi connectivity index (χ4n) is 10.3. The molecule has 0 aliphatic heterocycles. The summed E-state index contributed by atoms with van der Waals surface area (Å²) < 4.78 is 5.49. The van der Waals surface area contributed by atoms with Gasteiger partial charge in [-0.3, -0.25) is 9.59 Å². The highest BCUT2D eigenvalue weighted by molar-refractivity contribution is 5.76. The van der Waals surface area contributed by atoms with E-state index in [-0.39, 0.29) is 18.5 Å². The molecule has 0 aliphatic rings. The van der Waals surface area contributed by atoms with Crippen LogP contribution < -0.4 is 5.32 Å². The van der Waals surface area contributed by atoms with Crippen LogP contribution in [0.25, 0.3) is 0 Å². The number of rotatable bonds is 60. The van der Waals surface area contributed by atoms with Crippen LogP contribution in [0.2, 0.25) is 0 Å². The third-order valence-corrected chi connectivity index (χ3v) is 15.2. The molecule has 3 N–H and O–H groups in total. The Hall–Kier alpha value is -1.14. The van der Waals surface area contributed by atoms with Crippen LogP contribution in [0.3, 0.4) is 0 Å². The average Bonchev–Trinajstić information content (AvgIpc) is 3.35. The number of esters is 1. The Labute approximate surface area is 432 Å². The SMILES string of the molecule is CCCCCCCCCCCCCCCCCCC(O)C(CO)NC(=O)CCCCCCCCCCCCCCCCCCCCCCCCOC(=O)CCCCCCCCCCCCCCCC. The number of carbonyl (C=O) groups is 2. The van der Waals surface area contributed by atoms with Crippen LogP contribution in [0.1, 0.15) is 367 Å². The van der Waals surface area contributed by atoms with Gasteiger partial charge in [0, 0.05) is 12.8 Å². The van der Waals surface area contributed by atoms with Gasteiger partial charge in [0.25, 0.3) is 0 Å². The fraction of sp³-hybridized carbons (Fsp3) is 0.968. The molecule has 0 saturated carbocycles. The van der Waals surface area contributed by atoms with E-state index >= 15 is 0 Å². The van der Waals surface area contributed by atoms with Gasteiger partial charge >= 0.3 is 5.97 Å². The summed E-state index contributed by atoms with van der Waals surface area (Å²) in [7, 11) is 0. The Morgan fingerprint density at radius 2 is 0.594 bits per heavy atom. The summed E-state index contributed by atoms with van der Waals surface area (Å²) in [5, 5.41) is 23.3. The number of carbonyl (C=O) groups excluding carboxylic acids is 2. The van der Waals surface area contributed by atoms with E-state index in [1.165, 1.54) is 295 Å². The second-order valence-electron chi connectivity index (χ2n) is 22.1. The molecule has 0 aliphatic carbocycles. The van der Waals surface area contributed by atoms with Crippen molar-refractivity contribution in [2.24, 2.45) is 0 Å². The average molecular weight is 977 g/mol. The molecule has 0 aromatic heterocycles. The largest absolute Gasteiger partial charge is 0.466 e. The van der Waals surface area contributed by atoms with Crippen molar-refractivity contribution in [2.45, 2.75) is 379 Å². The van der Waals surface area contributed by atoms with Crippen LogP contribution in [-0.2, 0) is 14.3 Å². The number of nitrogens with one attached hydrogen (secondary N) is 1. The second-order valence-corrected chi connectivity index (χ2v) is 22.1. The van der Waals surface area contributed by atoms with E-state index in [1.54, 1.807) is 0 Å². The van der Waals surface area contributed by atoms with Gasteiger partial charge in [-0.2, -0.15) is 0 Å². The first-order chi connectivity index (χ1) is 34.0. The Morgan fingerprint density at radius 1 is 0.348 bits per heavy atom. The van der Waals surface area contributed by atoms with Crippen molar-refractivity contribution in [3.8, 4) is 0 Å². The van der Waals surface area contributed by atoms with E-state index in [1.807, 2.05) is 0 Å². The van der Waals surface area contributed by atoms with Crippen LogP contribution in [0.5, 0.6) is 0 Å². The maximum atomic E-state index is 12.5. The summed E-state index contributed by atoms with van der Waals surface area (Å²) in [6.45, 7) is 4.99. The summed E-state index contributed by atoms with van der Waals surface area (Å²) in [6, 6.07) is -0.540. The van der Waals surface area contributed by atoms with Crippen molar-refractivity contribution in [3.05, 3.63) is 0 Å². The fourth-order valence-corrected chi connectivity index (χ4v) is 10.3. The lowest BCUT2D eigenvalue weighted by Gasteiger charge is -2.22. The van der Waals surface area contributed by atoms with Gasteiger partial charge in [-0.05, 0) is 25.7 Å². The molecule has 2 unspecified atom stereocenters. The third kappa shape index (κ3) is 56.0. The number of aliphatic hydroxyl groups excluding tert-OH is 2. The molecule has 0 bridgehead atoms. The van der Waals surface area contributed by atoms with E-state index in [2.05, 4.69) is 19.2 Å². The van der Waals surface area contributed by atoms with Gasteiger partial charge in [0.1, 0.15) is 0 Å². The van der Waals surface area contributed by atoms with Gasteiger partial charge < -0.3 is 20.3 Å². The van der Waals surface area contributed by atoms with Crippen LogP contribution >= 0.6 is 0 Å². The molecule has 69 heavy (non-hydrogen) atoms. The molecule has 0 rings (SSSR count). The van der Waals surface area contributed by atoms with Crippen molar-refractivity contribution in [1.82, 2.24) is 5.32 Å². The molecule has 1 amide bonds. The number of hydrogen-bond acceptors (Lipinski definition) is 5. The molecular formula is C63H125NO5. The van der Waals surface area contributed by atoms with Crippen molar-refractivity contribution in [3.63, 3.8) is 0 Å². The monoisotopic (exact) mass is 976 g/mol. The highest BCUT2D eigenvalue weighted by atomic mass is 16.5. The molecular weight excluding hydrogens is 851 g/mol. The molecule has 6 heteroatoms. The van der Waals surface area contributed by atoms with E-state index in [0.29, 0.717) is 25.9 Å². The summed E-state index contributed by atoms with van der Waals surface area (Å²) in [4.78, 5) is 24.5. The second kappa shape index (κ2) is 59.4. The number of ether oxygens (including phenoxy) is 1. The summed E-state index contributed by atoms with van der Waals surface area (Å²) in [5.41, 5.74) is 0. The summed E-state index contributed by atoms with van der Waals surface area (Å²) >= 11 is 0. The van der Waals surface area contributed by atoms with Crippen LogP contribution in [0.15, 0.2) is 0 Å². The van der Waals surface area contributed by atoms with E-state index in [0.717, 1.165) is 38.5 Å². The van der Waals surface area contributed by atoms with E-state index in [4.69, 9.17) is 4.74 Å². The molecule has 0 spiro atoms. The predicted octanol–water partition coefficient (Wildman–Crippen LogP) is 19.9. The van der Waals surface area contributed by atoms with E-state index < -0.39 is 12.1 Å². The van der Waals surface area contributed by atoms with Gasteiger partial charge in [0.2, 0.25) is 5.91 Å². The Kier molecular flexibility index (Phi) is 58.4. The van der Waals surface area contributed by atoms with Gasteiger partial charge in [-0.25, -0.2) is 0 Å². The molecule has 412 valence electrons. The van der Waals surface area contributed by atoms with Crippen molar-refractivity contribution in [1.29, 1.82) is 0 Å². The quantitative estimate of drug-likeness (QED) is 0.0417. The van der Waals surface area contributed by atoms with Crippen molar-refractivity contribution < 1.29 is 24.5 Å². The van der Waals surface area contributed by atoms with Crippen LogP contribution in [-0.4, -0.2) is 47.4 Å². The molecule has 0 aromatic rings. The lowest BCUT2D eigenvalue weighted by molar-refractivity contribution is -0.143. The summed E-state index contributed by atoms with van der Waals surface area (Å²) in [5.74, 6) is -0.0149. The lowest BCUT2D eigenvalue weighted by Crippen LogP contribution is -2.45. The standard InChI is InChI=1S/C63H125NO5/c1-3-5-7-9-11-13-15-17-19-28-31-35-39-43-47-51-55-61(66)60(59-65)64-62(67)56-52-48-44-40-36-32-29-26-24-22-20-21-23-25-27-30-34-38-42-46-50-54-58-69-63(68)57-53-49-45-41-37-33-18-16-14-12-10-8-6-4-2/h60-61,65-66H,3-59H2,1-2H3,(H,64,67). The maximum absolute atomic E-state index is 12.5. The molecule has 0 radical (unpaired) electrons. The predicted molar refractivity (Wildman–Crippen MR) is 301 cm³/mol. The molecule has 2 atom stereocenters. The first kappa shape index (κ1) is 67.9. The molecule has 6 nitrogen and oxygen atoms in total. The van der Waals surface area contributed by atoms with Gasteiger partial charge in [-0.1, -0.05) is 328 Å². The third-order valence-electron chi connectivity index (χ3n) is 15.2. The smallest absolute Gasteiger partial charge is 0.305 e. The molecule has 0 heterocycles. The van der Waals surface area contributed by atoms with Gasteiger partial charge in [-0.15, -0.1) is 0 Å². The zero-order valence-corrected chi connectivity index (χ0v) is 47.1. The number of amides is 1. The Morgan fingerprint density at radius 3 is 0.884 bits per heavy atom.